The molecule has 1 unspecified atom stereocenters. The second kappa shape index (κ2) is 14.1. The Labute approximate surface area is 203 Å². The highest BCUT2D eigenvalue weighted by atomic mass is 16.5. The van der Waals surface area contributed by atoms with E-state index in [-0.39, 0.29) is 18.2 Å². The maximum Gasteiger partial charge on any atom is 0.242 e. The van der Waals surface area contributed by atoms with Crippen molar-refractivity contribution < 1.29 is 23.8 Å². The second-order valence-electron chi connectivity index (χ2n) is 8.56. The molecule has 2 aromatic rings. The van der Waals surface area contributed by atoms with Crippen LogP contribution in [0, 0.1) is 5.92 Å². The predicted octanol–water partition coefficient (Wildman–Crippen LogP) is 4.44. The Kier molecular flexibility index (Phi) is 11.2. The molecule has 7 heteroatoms. The van der Waals surface area contributed by atoms with Gasteiger partial charge in [-0.2, -0.15) is 0 Å². The summed E-state index contributed by atoms with van der Waals surface area (Å²) >= 11 is 0. The molecular formula is C27H38N2O5. The van der Waals surface area contributed by atoms with Gasteiger partial charge in [0.05, 0.1) is 20.8 Å². The van der Waals surface area contributed by atoms with Gasteiger partial charge in [0.25, 0.3) is 0 Å². The average Bonchev–Trinajstić information content (AvgIpc) is 2.85. The zero-order valence-electron chi connectivity index (χ0n) is 21.0. The van der Waals surface area contributed by atoms with Crippen molar-refractivity contribution in [3.05, 3.63) is 54.1 Å². The minimum absolute atomic E-state index is 0.0762. The Morgan fingerprint density at radius 1 is 0.971 bits per heavy atom. The van der Waals surface area contributed by atoms with Crippen LogP contribution in [0.2, 0.25) is 0 Å². The van der Waals surface area contributed by atoms with Crippen LogP contribution in [-0.4, -0.2) is 50.1 Å². The number of hydrogen-bond acceptors (Lipinski definition) is 5. The van der Waals surface area contributed by atoms with Crippen LogP contribution in [0.1, 0.15) is 45.6 Å². The topological polar surface area (TPSA) is 77.1 Å². The van der Waals surface area contributed by atoms with Gasteiger partial charge in [0.1, 0.15) is 23.3 Å². The Hall–Kier alpha value is -3.22. The van der Waals surface area contributed by atoms with Gasteiger partial charge >= 0.3 is 0 Å². The van der Waals surface area contributed by atoms with Crippen molar-refractivity contribution >= 4 is 11.8 Å². The van der Waals surface area contributed by atoms with Crippen molar-refractivity contribution in [2.75, 3.05) is 27.4 Å². The molecule has 1 atom stereocenters. The fraction of sp³-hybridized carbons (Fsp3) is 0.481. The van der Waals surface area contributed by atoms with E-state index >= 15 is 0 Å². The number of carbonyl (C=O) groups excluding carboxylic acids is 2. The quantitative estimate of drug-likeness (QED) is 0.413. The third-order valence-electron chi connectivity index (χ3n) is 5.42. The molecule has 0 aliphatic heterocycles. The van der Waals surface area contributed by atoms with E-state index in [0.29, 0.717) is 38.5 Å². The first kappa shape index (κ1) is 27.0. The number of carbonyl (C=O) groups is 2. The van der Waals surface area contributed by atoms with Crippen molar-refractivity contribution in [1.29, 1.82) is 0 Å². The predicted molar refractivity (Wildman–Crippen MR) is 133 cm³/mol. The van der Waals surface area contributed by atoms with Gasteiger partial charge in [0.2, 0.25) is 11.8 Å². The normalized spacial score (nSPS) is 11.6. The monoisotopic (exact) mass is 470 g/mol. The lowest BCUT2D eigenvalue weighted by atomic mass is 10.1. The molecule has 0 aliphatic rings. The van der Waals surface area contributed by atoms with E-state index < -0.39 is 6.04 Å². The van der Waals surface area contributed by atoms with Crippen LogP contribution in [0.25, 0.3) is 0 Å². The van der Waals surface area contributed by atoms with Gasteiger partial charge in [-0.25, -0.2) is 0 Å². The van der Waals surface area contributed by atoms with Crippen LogP contribution in [0.5, 0.6) is 17.2 Å². The molecule has 0 saturated heterocycles. The van der Waals surface area contributed by atoms with Crippen molar-refractivity contribution in [2.45, 2.75) is 52.6 Å². The van der Waals surface area contributed by atoms with E-state index in [1.807, 2.05) is 69.3 Å². The zero-order chi connectivity index (χ0) is 24.9. The smallest absolute Gasteiger partial charge is 0.242 e. The van der Waals surface area contributed by atoms with Crippen LogP contribution < -0.4 is 19.5 Å². The fourth-order valence-electron chi connectivity index (χ4n) is 3.54. The molecule has 2 rings (SSSR count). The molecule has 0 fully saturated rings. The Morgan fingerprint density at radius 2 is 1.65 bits per heavy atom. The number of hydrogen-bond donors (Lipinski definition) is 1. The molecule has 0 bridgehead atoms. The highest BCUT2D eigenvalue weighted by molar-refractivity contribution is 5.87. The maximum absolute atomic E-state index is 13.3. The molecule has 7 nitrogen and oxygen atoms in total. The van der Waals surface area contributed by atoms with Gasteiger partial charge in [-0.1, -0.05) is 32.9 Å². The number of rotatable bonds is 14. The third kappa shape index (κ3) is 8.61. The summed E-state index contributed by atoms with van der Waals surface area (Å²) in [5.41, 5.74) is 0.914. The molecule has 0 radical (unpaired) electrons. The second-order valence-corrected chi connectivity index (χ2v) is 8.56. The largest absolute Gasteiger partial charge is 0.497 e. The summed E-state index contributed by atoms with van der Waals surface area (Å²) in [4.78, 5) is 27.9. The first-order valence-corrected chi connectivity index (χ1v) is 11.8. The van der Waals surface area contributed by atoms with E-state index in [1.54, 1.807) is 19.1 Å². The molecule has 0 aliphatic carbocycles. The lowest BCUT2D eigenvalue weighted by Crippen LogP contribution is -2.49. The number of ether oxygens (including phenoxy) is 3. The molecule has 2 aromatic carbocycles. The van der Waals surface area contributed by atoms with Crippen molar-refractivity contribution in [3.8, 4) is 17.2 Å². The van der Waals surface area contributed by atoms with Gasteiger partial charge in [0.15, 0.2) is 0 Å². The van der Waals surface area contributed by atoms with Gasteiger partial charge in [-0.15, -0.1) is 0 Å². The molecule has 1 N–H and O–H groups in total. The van der Waals surface area contributed by atoms with Crippen LogP contribution in [0.3, 0.4) is 0 Å². The number of methoxy groups -OCH3 is 2. The van der Waals surface area contributed by atoms with Crippen molar-refractivity contribution in [2.24, 2.45) is 5.92 Å². The highest BCUT2D eigenvalue weighted by Gasteiger charge is 2.28. The summed E-state index contributed by atoms with van der Waals surface area (Å²) in [6, 6.07) is 14.4. The average molecular weight is 471 g/mol. The summed E-state index contributed by atoms with van der Waals surface area (Å²) in [5.74, 6) is 2.34. The van der Waals surface area contributed by atoms with Gasteiger partial charge < -0.3 is 24.4 Å². The summed E-state index contributed by atoms with van der Waals surface area (Å²) in [6.45, 7) is 7.33. The lowest BCUT2D eigenvalue weighted by molar-refractivity contribution is -0.141. The molecule has 186 valence electrons. The number of nitrogens with zero attached hydrogens (tertiary/aromatic N) is 1. The van der Waals surface area contributed by atoms with E-state index in [1.165, 1.54) is 0 Å². The van der Waals surface area contributed by atoms with E-state index in [2.05, 4.69) is 5.32 Å². The molecule has 0 spiro atoms. The summed E-state index contributed by atoms with van der Waals surface area (Å²) in [6.07, 6.45) is 1.36. The fourth-order valence-corrected chi connectivity index (χ4v) is 3.54. The standard InChI is InChI=1S/C27H38N2O5/c1-6-25(27(31)28-18-20(2)3)29(19-21-9-7-10-24(17-21)33-5)26(30)11-8-16-34-23-14-12-22(32-4)13-15-23/h7,9-10,12-15,17,20,25H,6,8,11,16,18-19H2,1-5H3,(H,28,31). The third-order valence-corrected chi connectivity index (χ3v) is 5.42. The van der Waals surface area contributed by atoms with Gasteiger partial charge in [0, 0.05) is 19.5 Å². The van der Waals surface area contributed by atoms with Gasteiger partial charge in [-0.3, -0.25) is 9.59 Å². The molecule has 0 saturated carbocycles. The first-order valence-electron chi connectivity index (χ1n) is 11.8. The summed E-state index contributed by atoms with van der Waals surface area (Å²) < 4.78 is 16.2. The lowest BCUT2D eigenvalue weighted by Gasteiger charge is -2.31. The zero-order valence-corrected chi connectivity index (χ0v) is 21.0. The Morgan fingerprint density at radius 3 is 2.26 bits per heavy atom. The summed E-state index contributed by atoms with van der Waals surface area (Å²) in [7, 11) is 3.23. The minimum Gasteiger partial charge on any atom is -0.497 e. The molecular weight excluding hydrogens is 432 g/mol. The number of nitrogens with one attached hydrogen (secondary N) is 1. The Bertz CT molecular complexity index is 898. The van der Waals surface area contributed by atoms with Gasteiger partial charge in [-0.05, 0) is 60.7 Å². The van der Waals surface area contributed by atoms with Crippen LogP contribution in [-0.2, 0) is 16.1 Å². The number of benzene rings is 2. The Balaban J connectivity index is 2.06. The molecule has 0 heterocycles. The van der Waals surface area contributed by atoms with E-state index in [9.17, 15) is 9.59 Å². The van der Waals surface area contributed by atoms with E-state index in [0.717, 1.165) is 22.8 Å². The SMILES string of the molecule is CCC(C(=O)NCC(C)C)N(Cc1cccc(OC)c1)C(=O)CCCOc1ccc(OC)cc1. The maximum atomic E-state index is 13.3. The van der Waals surface area contributed by atoms with Crippen molar-refractivity contribution in [1.82, 2.24) is 10.2 Å². The first-order chi connectivity index (χ1) is 16.4. The van der Waals surface area contributed by atoms with Crippen LogP contribution in [0.4, 0.5) is 0 Å². The molecule has 2 amide bonds. The minimum atomic E-state index is -0.542. The van der Waals surface area contributed by atoms with Crippen molar-refractivity contribution in [3.63, 3.8) is 0 Å². The molecule has 0 aromatic heterocycles. The summed E-state index contributed by atoms with van der Waals surface area (Å²) in [5, 5.41) is 2.98. The van der Waals surface area contributed by atoms with Crippen LogP contribution >= 0.6 is 0 Å². The highest BCUT2D eigenvalue weighted by Crippen LogP contribution is 2.20. The number of amides is 2. The molecule has 34 heavy (non-hydrogen) atoms. The van der Waals surface area contributed by atoms with E-state index in [4.69, 9.17) is 14.2 Å². The van der Waals surface area contributed by atoms with Crippen LogP contribution in [0.15, 0.2) is 48.5 Å².